The zero-order chi connectivity index (χ0) is 19.1. The normalized spacial score (nSPS) is 10.6. The fraction of sp³-hybridized carbons (Fsp3) is 0.263. The van der Waals surface area contributed by atoms with Crippen molar-refractivity contribution in [3.63, 3.8) is 0 Å². The molecule has 6 nitrogen and oxygen atoms in total. The molecule has 27 heavy (non-hydrogen) atoms. The van der Waals surface area contributed by atoms with Gasteiger partial charge in [0.25, 0.3) is 0 Å². The summed E-state index contributed by atoms with van der Waals surface area (Å²) < 4.78 is 31.2. The highest BCUT2D eigenvalue weighted by atomic mass is 32.2. The first-order valence-electron chi connectivity index (χ1n) is 8.32. The highest BCUT2D eigenvalue weighted by molar-refractivity contribution is 7.99. The van der Waals surface area contributed by atoms with Crippen LogP contribution in [0.2, 0.25) is 0 Å². The van der Waals surface area contributed by atoms with Crippen molar-refractivity contribution in [3.8, 4) is 17.2 Å². The molecule has 0 fully saturated rings. The molecule has 2 aromatic carbocycles. The summed E-state index contributed by atoms with van der Waals surface area (Å²) in [5, 5.41) is 9.14. The molecule has 142 valence electrons. The maximum Gasteiger partial charge on any atom is 0.191 e. The van der Waals surface area contributed by atoms with Crippen molar-refractivity contribution < 1.29 is 18.6 Å². The standard InChI is InChI=1S/C19H20FN3O3S/c1-23-18(13-26-17-9-7-15(24-2)8-10-17)21-22-19(23)27-12-11-25-16-5-3-14(20)4-6-16/h3-10H,11-13H2,1-2H3. The van der Waals surface area contributed by atoms with Gasteiger partial charge in [-0.1, -0.05) is 11.8 Å². The van der Waals surface area contributed by atoms with Crippen LogP contribution in [0.15, 0.2) is 53.7 Å². The Morgan fingerprint density at radius 2 is 1.56 bits per heavy atom. The first-order chi connectivity index (χ1) is 13.2. The smallest absolute Gasteiger partial charge is 0.191 e. The summed E-state index contributed by atoms with van der Waals surface area (Å²) in [5.41, 5.74) is 0. The predicted molar refractivity (Wildman–Crippen MR) is 101 cm³/mol. The third-order valence-corrected chi connectivity index (χ3v) is 4.73. The Morgan fingerprint density at radius 1 is 0.926 bits per heavy atom. The maximum atomic E-state index is 12.9. The molecule has 0 unspecified atom stereocenters. The van der Waals surface area contributed by atoms with Gasteiger partial charge < -0.3 is 18.8 Å². The van der Waals surface area contributed by atoms with Gasteiger partial charge in [0.1, 0.15) is 29.7 Å². The van der Waals surface area contributed by atoms with Gasteiger partial charge in [-0.25, -0.2) is 4.39 Å². The molecule has 3 aromatic rings. The van der Waals surface area contributed by atoms with E-state index in [0.29, 0.717) is 24.7 Å². The highest BCUT2D eigenvalue weighted by Crippen LogP contribution is 2.20. The number of halogens is 1. The first kappa shape index (κ1) is 19.0. The predicted octanol–water partition coefficient (Wildman–Crippen LogP) is 3.71. The number of hydrogen-bond donors (Lipinski definition) is 0. The summed E-state index contributed by atoms with van der Waals surface area (Å²) in [6.07, 6.45) is 0. The third kappa shape index (κ3) is 5.37. The van der Waals surface area contributed by atoms with Gasteiger partial charge in [-0.3, -0.25) is 0 Å². The van der Waals surface area contributed by atoms with Gasteiger partial charge in [-0.2, -0.15) is 0 Å². The van der Waals surface area contributed by atoms with Gasteiger partial charge in [0.05, 0.1) is 13.7 Å². The second-order valence-corrected chi connectivity index (χ2v) is 6.63. The Kier molecular flexibility index (Phi) is 6.54. The molecular formula is C19H20FN3O3S. The SMILES string of the molecule is COc1ccc(OCc2nnc(SCCOc3ccc(F)cc3)n2C)cc1. The molecule has 0 amide bonds. The van der Waals surface area contributed by atoms with E-state index in [1.165, 1.54) is 23.9 Å². The van der Waals surface area contributed by atoms with E-state index in [9.17, 15) is 4.39 Å². The molecule has 0 aliphatic carbocycles. The van der Waals surface area contributed by atoms with Gasteiger partial charge >= 0.3 is 0 Å². The minimum atomic E-state index is -0.278. The Hall–Kier alpha value is -2.74. The lowest BCUT2D eigenvalue weighted by Gasteiger charge is -2.08. The van der Waals surface area contributed by atoms with E-state index in [1.54, 1.807) is 19.2 Å². The number of rotatable bonds is 9. The van der Waals surface area contributed by atoms with Crippen molar-refractivity contribution >= 4 is 11.8 Å². The van der Waals surface area contributed by atoms with E-state index in [1.807, 2.05) is 35.9 Å². The van der Waals surface area contributed by atoms with Crippen LogP contribution in [-0.2, 0) is 13.7 Å². The lowest BCUT2D eigenvalue weighted by Crippen LogP contribution is -2.05. The summed E-state index contributed by atoms with van der Waals surface area (Å²) in [6, 6.07) is 13.3. The van der Waals surface area contributed by atoms with Crippen LogP contribution >= 0.6 is 11.8 Å². The van der Waals surface area contributed by atoms with Gasteiger partial charge in [0.15, 0.2) is 11.0 Å². The quantitative estimate of drug-likeness (QED) is 0.411. The Bertz CT molecular complexity index is 854. The van der Waals surface area contributed by atoms with Crippen LogP contribution < -0.4 is 14.2 Å². The number of methoxy groups -OCH3 is 1. The average Bonchev–Trinajstić information content (AvgIpc) is 3.05. The number of benzene rings is 2. The van der Waals surface area contributed by atoms with Crippen molar-refractivity contribution in [2.24, 2.45) is 7.05 Å². The summed E-state index contributed by atoms with van der Waals surface area (Å²) in [7, 11) is 3.52. The van der Waals surface area contributed by atoms with E-state index in [0.717, 1.165) is 22.5 Å². The second kappa shape index (κ2) is 9.27. The Morgan fingerprint density at radius 3 is 2.26 bits per heavy atom. The molecule has 1 heterocycles. The van der Waals surface area contributed by atoms with Crippen LogP contribution in [0.1, 0.15) is 5.82 Å². The van der Waals surface area contributed by atoms with Gasteiger partial charge in [0.2, 0.25) is 0 Å². The van der Waals surface area contributed by atoms with Crippen LogP contribution in [0.25, 0.3) is 0 Å². The van der Waals surface area contributed by atoms with Crippen LogP contribution in [0.4, 0.5) is 4.39 Å². The largest absolute Gasteiger partial charge is 0.497 e. The molecule has 0 saturated heterocycles. The van der Waals surface area contributed by atoms with Crippen molar-refractivity contribution in [3.05, 3.63) is 60.2 Å². The average molecular weight is 389 g/mol. The molecule has 0 N–H and O–H groups in total. The van der Waals surface area contributed by atoms with Crippen molar-refractivity contribution in [2.75, 3.05) is 19.5 Å². The zero-order valence-corrected chi connectivity index (χ0v) is 15.9. The zero-order valence-electron chi connectivity index (χ0n) is 15.1. The van der Waals surface area contributed by atoms with Crippen molar-refractivity contribution in [1.82, 2.24) is 14.8 Å². The Balaban J connectivity index is 1.45. The monoisotopic (exact) mass is 389 g/mol. The molecule has 0 radical (unpaired) electrons. The van der Waals surface area contributed by atoms with Crippen LogP contribution in [0, 0.1) is 5.82 Å². The van der Waals surface area contributed by atoms with Crippen LogP contribution in [0.3, 0.4) is 0 Å². The van der Waals surface area contributed by atoms with E-state index >= 15 is 0 Å². The van der Waals surface area contributed by atoms with E-state index in [4.69, 9.17) is 14.2 Å². The van der Waals surface area contributed by atoms with Gasteiger partial charge in [-0.05, 0) is 48.5 Å². The molecule has 0 aliphatic heterocycles. The number of hydrogen-bond acceptors (Lipinski definition) is 6. The molecule has 3 rings (SSSR count). The second-order valence-electron chi connectivity index (χ2n) is 5.57. The summed E-state index contributed by atoms with van der Waals surface area (Å²) >= 11 is 1.54. The highest BCUT2D eigenvalue weighted by Gasteiger charge is 2.10. The molecule has 0 saturated carbocycles. The number of nitrogens with zero attached hydrogens (tertiary/aromatic N) is 3. The molecular weight excluding hydrogens is 369 g/mol. The number of thioether (sulfide) groups is 1. The lowest BCUT2D eigenvalue weighted by molar-refractivity contribution is 0.290. The van der Waals surface area contributed by atoms with Gasteiger partial charge in [-0.15, -0.1) is 10.2 Å². The summed E-state index contributed by atoms with van der Waals surface area (Å²) in [5.74, 6) is 3.31. The van der Waals surface area contributed by atoms with E-state index in [-0.39, 0.29) is 5.82 Å². The molecule has 8 heteroatoms. The molecule has 0 atom stereocenters. The summed E-state index contributed by atoms with van der Waals surface area (Å²) in [4.78, 5) is 0. The minimum absolute atomic E-state index is 0.278. The van der Waals surface area contributed by atoms with E-state index < -0.39 is 0 Å². The molecule has 0 spiro atoms. The van der Waals surface area contributed by atoms with E-state index in [2.05, 4.69) is 10.2 Å². The fourth-order valence-electron chi connectivity index (χ4n) is 2.24. The minimum Gasteiger partial charge on any atom is -0.497 e. The lowest BCUT2D eigenvalue weighted by atomic mass is 10.3. The number of ether oxygens (including phenoxy) is 3. The Labute approximate surface area is 161 Å². The molecule has 0 aliphatic rings. The third-order valence-electron chi connectivity index (χ3n) is 3.75. The maximum absolute atomic E-state index is 12.9. The molecule has 1 aromatic heterocycles. The van der Waals surface area contributed by atoms with Gasteiger partial charge in [0, 0.05) is 12.8 Å². The fourth-order valence-corrected chi connectivity index (χ4v) is 2.99. The first-order valence-corrected chi connectivity index (χ1v) is 9.30. The van der Waals surface area contributed by atoms with Crippen molar-refractivity contribution in [2.45, 2.75) is 11.8 Å². The van der Waals surface area contributed by atoms with Crippen LogP contribution in [-0.4, -0.2) is 34.2 Å². The molecule has 0 bridgehead atoms. The number of aromatic nitrogens is 3. The topological polar surface area (TPSA) is 58.4 Å². The van der Waals surface area contributed by atoms with Crippen molar-refractivity contribution in [1.29, 1.82) is 0 Å². The van der Waals surface area contributed by atoms with Crippen LogP contribution in [0.5, 0.6) is 17.2 Å². The summed E-state index contributed by atoms with van der Waals surface area (Å²) in [6.45, 7) is 0.809.